The van der Waals surface area contributed by atoms with Crippen LogP contribution in [0.4, 0.5) is 13.2 Å². The summed E-state index contributed by atoms with van der Waals surface area (Å²) in [5.41, 5.74) is 0.481. The molecular formula is C18H27F3N2. The lowest BCUT2D eigenvalue weighted by Crippen LogP contribution is -2.29. The number of alkyl halides is 2. The summed E-state index contributed by atoms with van der Waals surface area (Å²) in [6.45, 7) is 4.31. The number of nitrogens with one attached hydrogen (secondary N) is 1. The SMILES string of the molecule is C1CCNCC1.CN1CCC(c2ccc(F)cc2C(F)F)CC1. The van der Waals surface area contributed by atoms with Crippen LogP contribution < -0.4 is 5.32 Å². The predicted molar refractivity (Wildman–Crippen MR) is 87.5 cm³/mol. The fraction of sp³-hybridized carbons (Fsp3) is 0.667. The van der Waals surface area contributed by atoms with E-state index in [1.54, 1.807) is 0 Å². The quantitative estimate of drug-likeness (QED) is 0.869. The molecule has 2 fully saturated rings. The van der Waals surface area contributed by atoms with Crippen molar-refractivity contribution in [3.8, 4) is 0 Å². The third-order valence-corrected chi connectivity index (χ3v) is 4.65. The summed E-state index contributed by atoms with van der Waals surface area (Å²) < 4.78 is 38.7. The molecule has 1 N–H and O–H groups in total. The first-order chi connectivity index (χ1) is 11.1. The third-order valence-electron chi connectivity index (χ3n) is 4.65. The average molecular weight is 328 g/mol. The van der Waals surface area contributed by atoms with E-state index < -0.39 is 12.2 Å². The number of nitrogens with zero attached hydrogens (tertiary/aromatic N) is 1. The van der Waals surface area contributed by atoms with Gasteiger partial charge in [-0.25, -0.2) is 13.2 Å². The molecule has 0 aromatic heterocycles. The van der Waals surface area contributed by atoms with Crippen LogP contribution in [-0.2, 0) is 0 Å². The van der Waals surface area contributed by atoms with E-state index in [2.05, 4.69) is 10.2 Å². The van der Waals surface area contributed by atoms with Crippen molar-refractivity contribution in [2.24, 2.45) is 0 Å². The van der Waals surface area contributed by atoms with Gasteiger partial charge in [0.1, 0.15) is 5.82 Å². The molecule has 3 rings (SSSR count). The number of hydrogen-bond donors (Lipinski definition) is 1. The first-order valence-corrected chi connectivity index (χ1v) is 8.54. The zero-order valence-electron chi connectivity index (χ0n) is 13.8. The van der Waals surface area contributed by atoms with Gasteiger partial charge in [0.2, 0.25) is 0 Å². The maximum absolute atomic E-state index is 13.0. The van der Waals surface area contributed by atoms with E-state index in [0.717, 1.165) is 32.0 Å². The molecule has 0 unspecified atom stereocenters. The molecule has 0 amide bonds. The second kappa shape index (κ2) is 9.28. The van der Waals surface area contributed by atoms with Crippen LogP contribution in [0.25, 0.3) is 0 Å². The summed E-state index contributed by atoms with van der Waals surface area (Å²) >= 11 is 0. The van der Waals surface area contributed by atoms with Crippen LogP contribution in [0.5, 0.6) is 0 Å². The molecule has 0 radical (unpaired) electrons. The van der Waals surface area contributed by atoms with Crippen molar-refractivity contribution in [1.29, 1.82) is 0 Å². The molecule has 2 nitrogen and oxygen atoms in total. The number of halogens is 3. The second-order valence-corrected chi connectivity index (χ2v) is 6.46. The highest BCUT2D eigenvalue weighted by Crippen LogP contribution is 2.34. The van der Waals surface area contributed by atoms with E-state index in [1.807, 2.05) is 7.05 Å². The van der Waals surface area contributed by atoms with Crippen LogP contribution in [0, 0.1) is 5.82 Å². The Balaban J connectivity index is 0.000000268. The van der Waals surface area contributed by atoms with Crippen molar-refractivity contribution in [1.82, 2.24) is 10.2 Å². The van der Waals surface area contributed by atoms with Gasteiger partial charge in [-0.3, -0.25) is 0 Å². The molecule has 2 aliphatic rings. The van der Waals surface area contributed by atoms with Gasteiger partial charge in [0, 0.05) is 5.56 Å². The van der Waals surface area contributed by atoms with E-state index in [-0.39, 0.29) is 11.5 Å². The second-order valence-electron chi connectivity index (χ2n) is 6.46. The first kappa shape index (κ1) is 18.3. The lowest BCUT2D eigenvalue weighted by atomic mass is 9.86. The molecule has 0 bridgehead atoms. The van der Waals surface area contributed by atoms with Crippen LogP contribution in [-0.4, -0.2) is 38.1 Å². The minimum absolute atomic E-state index is 0.135. The molecular weight excluding hydrogens is 301 g/mol. The maximum atomic E-state index is 13.0. The van der Waals surface area contributed by atoms with Crippen molar-refractivity contribution < 1.29 is 13.2 Å². The zero-order chi connectivity index (χ0) is 16.7. The van der Waals surface area contributed by atoms with Crippen LogP contribution in [0.3, 0.4) is 0 Å². The van der Waals surface area contributed by atoms with E-state index in [4.69, 9.17) is 0 Å². The monoisotopic (exact) mass is 328 g/mol. The maximum Gasteiger partial charge on any atom is 0.264 e. The smallest absolute Gasteiger partial charge is 0.264 e. The first-order valence-electron chi connectivity index (χ1n) is 8.54. The van der Waals surface area contributed by atoms with Gasteiger partial charge in [0.05, 0.1) is 0 Å². The van der Waals surface area contributed by atoms with E-state index in [9.17, 15) is 13.2 Å². The third kappa shape index (κ3) is 5.81. The molecule has 2 aliphatic heterocycles. The highest BCUT2D eigenvalue weighted by atomic mass is 19.3. The molecule has 0 spiro atoms. The van der Waals surface area contributed by atoms with Crippen molar-refractivity contribution in [2.75, 3.05) is 33.2 Å². The molecule has 2 heterocycles. The number of benzene rings is 1. The van der Waals surface area contributed by atoms with Crippen molar-refractivity contribution in [2.45, 2.75) is 44.4 Å². The van der Waals surface area contributed by atoms with Gasteiger partial charge in [-0.1, -0.05) is 12.5 Å². The minimum Gasteiger partial charge on any atom is -0.317 e. The van der Waals surface area contributed by atoms with E-state index in [0.29, 0.717) is 5.56 Å². The standard InChI is InChI=1S/C13H16F3N.C5H11N/c1-17-6-4-9(5-7-17)11-3-2-10(14)8-12(11)13(15)16;1-2-4-6-5-3-1/h2-3,8-9,13H,4-7H2,1H3;6H,1-5H2. The van der Waals surface area contributed by atoms with Crippen molar-refractivity contribution in [3.63, 3.8) is 0 Å². The largest absolute Gasteiger partial charge is 0.317 e. The topological polar surface area (TPSA) is 15.3 Å². The Morgan fingerprint density at radius 3 is 2.22 bits per heavy atom. The highest BCUT2D eigenvalue weighted by molar-refractivity contribution is 5.32. The van der Waals surface area contributed by atoms with E-state index >= 15 is 0 Å². The molecule has 2 saturated heterocycles. The number of likely N-dealkylation sites (tertiary alicyclic amines) is 1. The van der Waals surface area contributed by atoms with Crippen LogP contribution >= 0.6 is 0 Å². The molecule has 23 heavy (non-hydrogen) atoms. The van der Waals surface area contributed by atoms with Gasteiger partial charge in [-0.15, -0.1) is 0 Å². The zero-order valence-corrected chi connectivity index (χ0v) is 13.8. The fourth-order valence-electron chi connectivity index (χ4n) is 3.23. The summed E-state index contributed by atoms with van der Waals surface area (Å²) in [6.07, 6.45) is 3.34. The van der Waals surface area contributed by atoms with Gasteiger partial charge in [0.15, 0.2) is 0 Å². The number of hydrogen-bond acceptors (Lipinski definition) is 2. The minimum atomic E-state index is -2.60. The average Bonchev–Trinajstić information content (AvgIpc) is 2.58. The normalized spacial score (nSPS) is 20.2. The highest BCUT2D eigenvalue weighted by Gasteiger charge is 2.24. The summed E-state index contributed by atoms with van der Waals surface area (Å²) in [5.74, 6) is -0.451. The summed E-state index contributed by atoms with van der Waals surface area (Å²) in [7, 11) is 2.02. The molecule has 0 atom stereocenters. The molecule has 5 heteroatoms. The van der Waals surface area contributed by atoms with Crippen LogP contribution in [0.1, 0.15) is 55.6 Å². The number of piperidine rings is 2. The van der Waals surface area contributed by atoms with Gasteiger partial charge >= 0.3 is 0 Å². The van der Waals surface area contributed by atoms with E-state index in [1.165, 1.54) is 44.5 Å². The Kier molecular flexibility index (Phi) is 7.37. The van der Waals surface area contributed by atoms with Gasteiger partial charge < -0.3 is 10.2 Å². The van der Waals surface area contributed by atoms with Gasteiger partial charge in [-0.2, -0.15) is 0 Å². The molecule has 1 aromatic carbocycles. The Morgan fingerprint density at radius 1 is 1.09 bits per heavy atom. The van der Waals surface area contributed by atoms with Gasteiger partial charge in [0.25, 0.3) is 6.43 Å². The Morgan fingerprint density at radius 2 is 1.74 bits per heavy atom. The van der Waals surface area contributed by atoms with Crippen LogP contribution in [0.15, 0.2) is 18.2 Å². The Bertz CT molecular complexity index is 456. The van der Waals surface area contributed by atoms with Crippen molar-refractivity contribution >= 4 is 0 Å². The summed E-state index contributed by atoms with van der Waals surface area (Å²) in [4.78, 5) is 2.18. The van der Waals surface area contributed by atoms with Crippen molar-refractivity contribution in [3.05, 3.63) is 35.1 Å². The van der Waals surface area contributed by atoms with Crippen LogP contribution in [0.2, 0.25) is 0 Å². The molecule has 1 aromatic rings. The summed E-state index contributed by atoms with van der Waals surface area (Å²) in [5, 5.41) is 3.28. The molecule has 130 valence electrons. The molecule has 0 saturated carbocycles. The predicted octanol–water partition coefficient (Wildman–Crippen LogP) is 4.33. The van der Waals surface area contributed by atoms with Gasteiger partial charge in [-0.05, 0) is 82.5 Å². The fourth-order valence-corrected chi connectivity index (χ4v) is 3.23. The Labute approximate surface area is 137 Å². The molecule has 0 aliphatic carbocycles. The Hall–Kier alpha value is -1.07. The lowest BCUT2D eigenvalue weighted by molar-refractivity contribution is 0.148. The summed E-state index contributed by atoms with van der Waals surface area (Å²) in [6, 6.07) is 3.77. The number of rotatable bonds is 2. The lowest BCUT2D eigenvalue weighted by Gasteiger charge is -2.30.